The Morgan fingerprint density at radius 1 is 1.50 bits per heavy atom. The average Bonchev–Trinajstić information content (AvgIpc) is 2.86. The molecule has 0 saturated carbocycles. The van der Waals surface area contributed by atoms with E-state index in [1.165, 1.54) is 11.3 Å². The fraction of sp³-hybridized carbons (Fsp3) is 0.417. The molecule has 0 aromatic carbocycles. The van der Waals surface area contributed by atoms with Gasteiger partial charge in [0.25, 0.3) is 0 Å². The van der Waals surface area contributed by atoms with Gasteiger partial charge < -0.3 is 10.3 Å². The first-order chi connectivity index (χ1) is 7.74. The molecule has 2 heterocycles. The van der Waals surface area contributed by atoms with Crippen molar-refractivity contribution in [1.29, 1.82) is 0 Å². The second-order valence-electron chi connectivity index (χ2n) is 4.00. The molecule has 0 bridgehead atoms. The molecule has 0 spiro atoms. The van der Waals surface area contributed by atoms with Gasteiger partial charge >= 0.3 is 0 Å². The summed E-state index contributed by atoms with van der Waals surface area (Å²) in [5, 5.41) is 7.74. The molecule has 0 atom stereocenters. The molecule has 86 valence electrons. The van der Waals surface area contributed by atoms with E-state index in [1.807, 2.05) is 31.2 Å². The largest absolute Gasteiger partial charge is 0.367 e. The van der Waals surface area contributed by atoms with Crippen molar-refractivity contribution < 1.29 is 0 Å². The van der Waals surface area contributed by atoms with Crippen LogP contribution in [-0.2, 0) is 13.5 Å². The highest BCUT2D eigenvalue weighted by molar-refractivity contribution is 5.63. The van der Waals surface area contributed by atoms with E-state index in [9.17, 15) is 0 Å². The molecule has 2 aromatic rings. The van der Waals surface area contributed by atoms with Gasteiger partial charge in [-0.15, -0.1) is 0 Å². The van der Waals surface area contributed by atoms with Gasteiger partial charge in [-0.1, -0.05) is 0 Å². The fourth-order valence-electron chi connectivity index (χ4n) is 2.00. The summed E-state index contributed by atoms with van der Waals surface area (Å²) in [5.74, 6) is 0. The summed E-state index contributed by atoms with van der Waals surface area (Å²) in [6.07, 6.45) is 4.92. The van der Waals surface area contributed by atoms with Crippen molar-refractivity contribution in [3.63, 3.8) is 0 Å². The number of likely N-dealkylation sites (N-methyl/N-ethyl adjacent to an activating group) is 1. The third kappa shape index (κ3) is 1.88. The van der Waals surface area contributed by atoms with Crippen LogP contribution in [-0.4, -0.2) is 28.4 Å². The SMILES string of the molecule is CNCCc1c(C)c(-c2cc[nH]c2)nn1C. The predicted molar refractivity (Wildman–Crippen MR) is 65.4 cm³/mol. The van der Waals surface area contributed by atoms with Crippen molar-refractivity contribution in [2.75, 3.05) is 13.6 Å². The molecule has 4 heteroatoms. The first-order valence-electron chi connectivity index (χ1n) is 5.54. The van der Waals surface area contributed by atoms with Crippen LogP contribution in [0.1, 0.15) is 11.3 Å². The van der Waals surface area contributed by atoms with Crippen LogP contribution in [0.25, 0.3) is 11.3 Å². The lowest BCUT2D eigenvalue weighted by Crippen LogP contribution is -2.13. The van der Waals surface area contributed by atoms with Gasteiger partial charge in [0.2, 0.25) is 0 Å². The van der Waals surface area contributed by atoms with Crippen LogP contribution in [0.3, 0.4) is 0 Å². The summed E-state index contributed by atoms with van der Waals surface area (Å²) in [6.45, 7) is 3.12. The molecule has 0 fully saturated rings. The molecule has 0 aliphatic rings. The molecule has 0 unspecified atom stereocenters. The minimum absolute atomic E-state index is 0.979. The highest BCUT2D eigenvalue weighted by Gasteiger charge is 2.13. The minimum atomic E-state index is 0.979. The monoisotopic (exact) mass is 218 g/mol. The van der Waals surface area contributed by atoms with Crippen molar-refractivity contribution in [2.45, 2.75) is 13.3 Å². The van der Waals surface area contributed by atoms with Gasteiger partial charge in [0.15, 0.2) is 0 Å². The minimum Gasteiger partial charge on any atom is -0.367 e. The number of hydrogen-bond acceptors (Lipinski definition) is 2. The van der Waals surface area contributed by atoms with E-state index < -0.39 is 0 Å². The maximum absolute atomic E-state index is 4.57. The predicted octanol–water partition coefficient (Wildman–Crippen LogP) is 1.49. The standard InChI is InChI=1S/C12H18N4/c1-9-11(5-6-13-2)16(3)15-12(9)10-4-7-14-8-10/h4,7-8,13-14H,5-6H2,1-3H3. The smallest absolute Gasteiger partial charge is 0.0970 e. The summed E-state index contributed by atoms with van der Waals surface area (Å²) in [7, 11) is 3.98. The molecular formula is C12H18N4. The summed E-state index contributed by atoms with van der Waals surface area (Å²) in [6, 6.07) is 2.05. The Balaban J connectivity index is 2.35. The van der Waals surface area contributed by atoms with Crippen LogP contribution >= 0.6 is 0 Å². The van der Waals surface area contributed by atoms with Crippen molar-refractivity contribution in [1.82, 2.24) is 20.1 Å². The molecule has 0 aliphatic carbocycles. The van der Waals surface area contributed by atoms with Gasteiger partial charge in [0, 0.05) is 43.7 Å². The maximum atomic E-state index is 4.57. The number of hydrogen-bond donors (Lipinski definition) is 2. The molecule has 0 amide bonds. The van der Waals surface area contributed by atoms with Crippen LogP contribution in [0, 0.1) is 6.92 Å². The van der Waals surface area contributed by atoms with Crippen LogP contribution in [0.4, 0.5) is 0 Å². The molecule has 4 nitrogen and oxygen atoms in total. The zero-order valence-corrected chi connectivity index (χ0v) is 10.0. The number of nitrogens with one attached hydrogen (secondary N) is 2. The van der Waals surface area contributed by atoms with Crippen molar-refractivity contribution in [2.24, 2.45) is 7.05 Å². The summed E-state index contributed by atoms with van der Waals surface area (Å²) in [5.41, 5.74) is 4.81. The van der Waals surface area contributed by atoms with E-state index in [0.717, 1.165) is 24.2 Å². The number of aryl methyl sites for hydroxylation is 1. The van der Waals surface area contributed by atoms with Crippen LogP contribution < -0.4 is 5.32 Å². The Morgan fingerprint density at radius 2 is 2.31 bits per heavy atom. The Hall–Kier alpha value is -1.55. The first kappa shape index (κ1) is 11.0. The number of aromatic nitrogens is 3. The summed E-state index contributed by atoms with van der Waals surface area (Å²) < 4.78 is 1.98. The molecule has 2 aromatic heterocycles. The van der Waals surface area contributed by atoms with Gasteiger partial charge in [-0.05, 0) is 25.6 Å². The van der Waals surface area contributed by atoms with Crippen molar-refractivity contribution >= 4 is 0 Å². The molecule has 16 heavy (non-hydrogen) atoms. The van der Waals surface area contributed by atoms with Gasteiger partial charge in [0.05, 0.1) is 5.69 Å². The van der Waals surface area contributed by atoms with Crippen LogP contribution in [0.5, 0.6) is 0 Å². The Morgan fingerprint density at radius 3 is 2.94 bits per heavy atom. The number of H-pyrrole nitrogens is 1. The lowest BCUT2D eigenvalue weighted by atomic mass is 10.1. The lowest BCUT2D eigenvalue weighted by molar-refractivity contribution is 0.680. The van der Waals surface area contributed by atoms with Gasteiger partial charge in [-0.3, -0.25) is 4.68 Å². The van der Waals surface area contributed by atoms with E-state index >= 15 is 0 Å². The summed E-state index contributed by atoms with van der Waals surface area (Å²) in [4.78, 5) is 3.07. The number of rotatable bonds is 4. The topological polar surface area (TPSA) is 45.6 Å². The Bertz CT molecular complexity index is 454. The highest BCUT2D eigenvalue weighted by atomic mass is 15.3. The first-order valence-corrected chi connectivity index (χ1v) is 5.54. The molecule has 0 aliphatic heterocycles. The number of aromatic amines is 1. The Labute approximate surface area is 95.7 Å². The lowest BCUT2D eigenvalue weighted by Gasteiger charge is -2.02. The summed E-state index contributed by atoms with van der Waals surface area (Å²) >= 11 is 0. The highest BCUT2D eigenvalue weighted by Crippen LogP contribution is 2.23. The molecule has 0 saturated heterocycles. The van der Waals surface area contributed by atoms with Gasteiger partial charge in [-0.2, -0.15) is 5.10 Å². The second kappa shape index (κ2) is 4.53. The normalized spacial score (nSPS) is 10.9. The molecule has 2 N–H and O–H groups in total. The van der Waals surface area contributed by atoms with Crippen LogP contribution in [0.15, 0.2) is 18.5 Å². The van der Waals surface area contributed by atoms with E-state index in [2.05, 4.69) is 28.4 Å². The van der Waals surface area contributed by atoms with E-state index in [0.29, 0.717) is 0 Å². The fourth-order valence-corrected chi connectivity index (χ4v) is 2.00. The van der Waals surface area contributed by atoms with Crippen LogP contribution in [0.2, 0.25) is 0 Å². The second-order valence-corrected chi connectivity index (χ2v) is 4.00. The quantitative estimate of drug-likeness (QED) is 0.816. The zero-order valence-electron chi connectivity index (χ0n) is 10.0. The third-order valence-corrected chi connectivity index (χ3v) is 2.91. The number of nitrogens with zero attached hydrogens (tertiary/aromatic N) is 2. The average molecular weight is 218 g/mol. The van der Waals surface area contributed by atoms with Crippen molar-refractivity contribution in [3.8, 4) is 11.3 Å². The van der Waals surface area contributed by atoms with E-state index in [4.69, 9.17) is 0 Å². The Kier molecular flexibility index (Phi) is 3.10. The van der Waals surface area contributed by atoms with E-state index in [-0.39, 0.29) is 0 Å². The maximum Gasteiger partial charge on any atom is 0.0970 e. The van der Waals surface area contributed by atoms with E-state index in [1.54, 1.807) is 0 Å². The van der Waals surface area contributed by atoms with Gasteiger partial charge in [-0.25, -0.2) is 0 Å². The van der Waals surface area contributed by atoms with Crippen molar-refractivity contribution in [3.05, 3.63) is 29.7 Å². The third-order valence-electron chi connectivity index (χ3n) is 2.91. The molecule has 2 rings (SSSR count). The zero-order chi connectivity index (χ0) is 11.5. The van der Waals surface area contributed by atoms with Gasteiger partial charge in [0.1, 0.15) is 0 Å². The molecular weight excluding hydrogens is 200 g/mol. The molecule has 0 radical (unpaired) electrons.